The van der Waals surface area contributed by atoms with Crippen molar-refractivity contribution in [1.82, 2.24) is 15.3 Å². The summed E-state index contributed by atoms with van der Waals surface area (Å²) in [5, 5.41) is 14.8. The zero-order chi connectivity index (χ0) is 26.8. The smallest absolute Gasteiger partial charge is 0.319 e. The predicted molar refractivity (Wildman–Crippen MR) is 143 cm³/mol. The molecule has 0 radical (unpaired) electrons. The number of rotatable bonds is 8. The first-order chi connectivity index (χ1) is 17.5. The number of carbonyl (C=O) groups is 1. The molecule has 2 aromatic rings. The summed E-state index contributed by atoms with van der Waals surface area (Å²) in [7, 11) is -3.38. The van der Waals surface area contributed by atoms with Gasteiger partial charge in [-0.25, -0.2) is 23.2 Å². The minimum absolute atomic E-state index is 0.0607. The molecule has 1 atom stereocenters. The summed E-state index contributed by atoms with van der Waals surface area (Å²) in [6, 6.07) is 8.62. The molecule has 1 aliphatic heterocycles. The predicted octanol–water partition coefficient (Wildman–Crippen LogP) is 3.08. The maximum Gasteiger partial charge on any atom is 0.319 e. The van der Waals surface area contributed by atoms with Crippen molar-refractivity contribution in [2.45, 2.75) is 63.3 Å². The number of nitrogens with zero attached hydrogens (tertiary/aromatic N) is 3. The van der Waals surface area contributed by atoms with Crippen molar-refractivity contribution in [2.75, 3.05) is 42.3 Å². The quantitative estimate of drug-likeness (QED) is 0.473. The standard InChI is InChI=1S/C26H37N5O5S/c1-5-37(34,35)26(11-6-12-26)21-15-22(31-13-14-36-16-18(31)2)29-23(28-21)19-7-9-20(10-8-19)27-24(33)30-25(3,4)17-32/h7-10,15,18,32H,5-6,11-14,16-17H2,1-4H3,(H2,27,30,33)/t18-/m0/s1. The third-order valence-electron chi connectivity index (χ3n) is 7.23. The summed E-state index contributed by atoms with van der Waals surface area (Å²) in [5.74, 6) is 1.20. The molecule has 10 nitrogen and oxygen atoms in total. The van der Waals surface area contributed by atoms with Gasteiger partial charge in [-0.3, -0.25) is 0 Å². The van der Waals surface area contributed by atoms with Gasteiger partial charge in [-0.1, -0.05) is 6.92 Å². The van der Waals surface area contributed by atoms with Crippen LogP contribution in [-0.4, -0.2) is 73.2 Å². The SMILES string of the molecule is CCS(=O)(=O)C1(c2cc(N3CCOC[C@@H]3C)nc(-c3ccc(NC(=O)NC(C)(C)CO)cc3)n2)CCC1. The van der Waals surface area contributed by atoms with E-state index in [4.69, 9.17) is 14.7 Å². The summed E-state index contributed by atoms with van der Waals surface area (Å²) in [6.45, 7) is 8.81. The number of hydrogen-bond acceptors (Lipinski definition) is 8. The number of amides is 2. The summed E-state index contributed by atoms with van der Waals surface area (Å²) < 4.78 is 31.0. The number of urea groups is 1. The van der Waals surface area contributed by atoms with Crippen LogP contribution in [0, 0.1) is 0 Å². The molecule has 37 heavy (non-hydrogen) atoms. The fourth-order valence-electron chi connectivity index (χ4n) is 4.72. The van der Waals surface area contributed by atoms with Crippen LogP contribution in [0.3, 0.4) is 0 Å². The lowest BCUT2D eigenvalue weighted by atomic mass is 9.81. The van der Waals surface area contributed by atoms with Gasteiger partial charge in [-0.15, -0.1) is 0 Å². The highest BCUT2D eigenvalue weighted by molar-refractivity contribution is 7.92. The molecule has 2 fully saturated rings. The molecule has 2 amide bonds. The van der Waals surface area contributed by atoms with E-state index < -0.39 is 26.2 Å². The Balaban J connectivity index is 1.69. The van der Waals surface area contributed by atoms with Gasteiger partial charge in [0.1, 0.15) is 10.6 Å². The molecule has 4 rings (SSSR count). The van der Waals surface area contributed by atoms with Gasteiger partial charge in [-0.2, -0.15) is 0 Å². The number of aliphatic hydroxyl groups is 1. The van der Waals surface area contributed by atoms with Crippen LogP contribution in [0.2, 0.25) is 0 Å². The van der Waals surface area contributed by atoms with E-state index in [9.17, 15) is 18.3 Å². The minimum atomic E-state index is -3.38. The summed E-state index contributed by atoms with van der Waals surface area (Å²) in [4.78, 5) is 24.1. The highest BCUT2D eigenvalue weighted by atomic mass is 32.2. The molecule has 1 aromatic carbocycles. The topological polar surface area (TPSA) is 134 Å². The maximum absolute atomic E-state index is 13.2. The van der Waals surface area contributed by atoms with E-state index in [1.54, 1.807) is 45.0 Å². The van der Waals surface area contributed by atoms with E-state index in [-0.39, 0.29) is 18.4 Å². The van der Waals surface area contributed by atoms with Gasteiger partial charge in [0.15, 0.2) is 15.7 Å². The highest BCUT2D eigenvalue weighted by Gasteiger charge is 2.51. The van der Waals surface area contributed by atoms with Crippen LogP contribution < -0.4 is 15.5 Å². The van der Waals surface area contributed by atoms with E-state index in [1.165, 1.54) is 0 Å². The Morgan fingerprint density at radius 2 is 1.95 bits per heavy atom. The molecule has 0 spiro atoms. The van der Waals surface area contributed by atoms with Crippen molar-refractivity contribution >= 4 is 27.4 Å². The largest absolute Gasteiger partial charge is 0.394 e. The normalized spacial score (nSPS) is 19.7. The van der Waals surface area contributed by atoms with E-state index in [0.717, 1.165) is 6.42 Å². The van der Waals surface area contributed by atoms with Crippen molar-refractivity contribution in [2.24, 2.45) is 0 Å². The van der Waals surface area contributed by atoms with Gasteiger partial charge >= 0.3 is 6.03 Å². The van der Waals surface area contributed by atoms with Crippen LogP contribution in [-0.2, 0) is 19.3 Å². The lowest BCUT2D eigenvalue weighted by Crippen LogP contribution is -2.48. The van der Waals surface area contributed by atoms with Crippen LogP contribution in [0.15, 0.2) is 30.3 Å². The number of morpholine rings is 1. The Morgan fingerprint density at radius 1 is 1.24 bits per heavy atom. The van der Waals surface area contributed by atoms with Gasteiger partial charge in [0.2, 0.25) is 0 Å². The Bertz CT molecular complexity index is 1230. The number of nitrogens with one attached hydrogen (secondary N) is 2. The molecular formula is C26H37N5O5S. The second-order valence-corrected chi connectivity index (χ2v) is 13.1. The molecule has 0 unspecified atom stereocenters. The van der Waals surface area contributed by atoms with Crippen molar-refractivity contribution in [3.05, 3.63) is 36.0 Å². The van der Waals surface area contributed by atoms with Crippen molar-refractivity contribution in [3.8, 4) is 11.4 Å². The Morgan fingerprint density at radius 3 is 2.51 bits per heavy atom. The van der Waals surface area contributed by atoms with Crippen molar-refractivity contribution < 1.29 is 23.1 Å². The molecule has 0 bridgehead atoms. The van der Waals surface area contributed by atoms with E-state index >= 15 is 0 Å². The lowest BCUT2D eigenvalue weighted by molar-refractivity contribution is 0.0985. The molecule has 2 aliphatic rings. The van der Waals surface area contributed by atoms with Gasteiger partial charge in [0.05, 0.1) is 37.1 Å². The molecule has 1 aliphatic carbocycles. The Labute approximate surface area is 218 Å². The third-order valence-corrected chi connectivity index (χ3v) is 9.79. The number of sulfone groups is 1. The fraction of sp³-hybridized carbons (Fsp3) is 0.577. The average molecular weight is 532 g/mol. The van der Waals surface area contributed by atoms with Crippen LogP contribution in [0.4, 0.5) is 16.3 Å². The molecule has 11 heteroatoms. The van der Waals surface area contributed by atoms with Crippen molar-refractivity contribution in [1.29, 1.82) is 0 Å². The van der Waals surface area contributed by atoms with E-state index in [0.29, 0.717) is 61.2 Å². The number of aromatic nitrogens is 2. The van der Waals surface area contributed by atoms with E-state index in [2.05, 4.69) is 22.5 Å². The highest BCUT2D eigenvalue weighted by Crippen LogP contribution is 2.48. The summed E-state index contributed by atoms with van der Waals surface area (Å²) >= 11 is 0. The second kappa shape index (κ2) is 10.5. The molecule has 1 saturated carbocycles. The molecule has 2 heterocycles. The molecular weight excluding hydrogens is 494 g/mol. The number of hydrogen-bond donors (Lipinski definition) is 3. The first-order valence-electron chi connectivity index (χ1n) is 12.8. The monoisotopic (exact) mass is 531 g/mol. The summed E-state index contributed by atoms with van der Waals surface area (Å²) in [6.07, 6.45) is 1.96. The van der Waals surface area contributed by atoms with Crippen LogP contribution in [0.25, 0.3) is 11.4 Å². The van der Waals surface area contributed by atoms with Crippen LogP contribution in [0.1, 0.15) is 52.7 Å². The van der Waals surface area contributed by atoms with Gasteiger partial charge in [0, 0.05) is 29.6 Å². The molecule has 1 aromatic heterocycles. The van der Waals surface area contributed by atoms with Gasteiger partial charge < -0.3 is 25.4 Å². The van der Waals surface area contributed by atoms with Gasteiger partial charge in [0.25, 0.3) is 0 Å². The lowest BCUT2D eigenvalue weighted by Gasteiger charge is -2.41. The fourth-order valence-corrected chi connectivity index (χ4v) is 6.61. The number of anilines is 2. The zero-order valence-electron chi connectivity index (χ0n) is 22.0. The first-order valence-corrected chi connectivity index (χ1v) is 14.4. The van der Waals surface area contributed by atoms with Crippen LogP contribution >= 0.6 is 0 Å². The number of ether oxygens (including phenoxy) is 1. The first kappa shape index (κ1) is 27.3. The number of aliphatic hydroxyl groups excluding tert-OH is 1. The molecule has 3 N–H and O–H groups in total. The number of benzene rings is 1. The van der Waals surface area contributed by atoms with Crippen LogP contribution in [0.5, 0.6) is 0 Å². The Hall–Kier alpha value is -2.76. The zero-order valence-corrected chi connectivity index (χ0v) is 22.8. The van der Waals surface area contributed by atoms with E-state index in [1.807, 2.05) is 6.07 Å². The molecule has 1 saturated heterocycles. The second-order valence-electron chi connectivity index (χ2n) is 10.5. The average Bonchev–Trinajstić information content (AvgIpc) is 2.83. The maximum atomic E-state index is 13.2. The molecule has 202 valence electrons. The van der Waals surface area contributed by atoms with Crippen molar-refractivity contribution in [3.63, 3.8) is 0 Å². The summed E-state index contributed by atoms with van der Waals surface area (Å²) in [5.41, 5.74) is 1.08. The van der Waals surface area contributed by atoms with Gasteiger partial charge in [-0.05, 0) is 64.3 Å². The third kappa shape index (κ3) is 5.58. The Kier molecular flexibility index (Phi) is 7.77. The number of carbonyl (C=O) groups excluding carboxylic acids is 1. The minimum Gasteiger partial charge on any atom is -0.394 e.